The zero-order chi connectivity index (χ0) is 23.4. The van der Waals surface area contributed by atoms with Crippen molar-refractivity contribution in [1.82, 2.24) is 10.2 Å². The molecule has 0 aromatic heterocycles. The van der Waals surface area contributed by atoms with Crippen LogP contribution in [-0.4, -0.2) is 24.4 Å². The van der Waals surface area contributed by atoms with Crippen molar-refractivity contribution in [2.45, 2.75) is 37.5 Å². The lowest BCUT2D eigenvalue weighted by molar-refractivity contribution is -0.137. The summed E-state index contributed by atoms with van der Waals surface area (Å²) in [6, 6.07) is 22.9. The first-order chi connectivity index (χ1) is 15.9. The highest BCUT2D eigenvalue weighted by Gasteiger charge is 2.36. The predicted molar refractivity (Wildman–Crippen MR) is 123 cm³/mol. The first-order valence-corrected chi connectivity index (χ1v) is 11.1. The van der Waals surface area contributed by atoms with Crippen LogP contribution in [0.1, 0.15) is 46.3 Å². The van der Waals surface area contributed by atoms with E-state index in [2.05, 4.69) is 22.3 Å². The highest BCUT2D eigenvalue weighted by molar-refractivity contribution is 5.83. The number of likely N-dealkylation sites (N-methyl/N-ethyl adjacent to an activating group) is 1. The van der Waals surface area contributed by atoms with Gasteiger partial charge in [0.05, 0.1) is 5.56 Å². The summed E-state index contributed by atoms with van der Waals surface area (Å²) in [6.45, 7) is 0.724. The largest absolute Gasteiger partial charge is 0.416 e. The van der Waals surface area contributed by atoms with Crippen molar-refractivity contribution < 1.29 is 18.0 Å². The van der Waals surface area contributed by atoms with Crippen LogP contribution in [0.4, 0.5) is 13.2 Å². The number of aryl methyl sites for hydroxylation is 1. The summed E-state index contributed by atoms with van der Waals surface area (Å²) in [4.78, 5) is 15.3. The van der Waals surface area contributed by atoms with Crippen LogP contribution in [0, 0.1) is 0 Å². The Morgan fingerprint density at radius 3 is 2.33 bits per heavy atom. The van der Waals surface area contributed by atoms with Crippen LogP contribution in [0.3, 0.4) is 0 Å². The van der Waals surface area contributed by atoms with Gasteiger partial charge in [-0.1, -0.05) is 66.7 Å². The molecule has 0 radical (unpaired) electrons. The Morgan fingerprint density at radius 1 is 1.00 bits per heavy atom. The van der Waals surface area contributed by atoms with E-state index in [1.54, 1.807) is 19.2 Å². The summed E-state index contributed by atoms with van der Waals surface area (Å²) in [5.41, 5.74) is 3.58. The second kappa shape index (κ2) is 9.79. The van der Waals surface area contributed by atoms with Gasteiger partial charge in [-0.25, -0.2) is 0 Å². The molecule has 4 rings (SSSR count). The summed E-state index contributed by atoms with van der Waals surface area (Å²) in [5.74, 6) is -0.0693. The maximum Gasteiger partial charge on any atom is 0.416 e. The van der Waals surface area contributed by atoms with E-state index in [4.69, 9.17) is 0 Å². The summed E-state index contributed by atoms with van der Waals surface area (Å²) in [7, 11) is 1.65. The summed E-state index contributed by atoms with van der Waals surface area (Å²) < 4.78 is 38.8. The van der Waals surface area contributed by atoms with Crippen LogP contribution < -0.4 is 5.32 Å². The van der Waals surface area contributed by atoms with E-state index < -0.39 is 17.8 Å². The van der Waals surface area contributed by atoms with Crippen molar-refractivity contribution >= 4 is 5.91 Å². The van der Waals surface area contributed by atoms with Crippen molar-refractivity contribution in [3.63, 3.8) is 0 Å². The summed E-state index contributed by atoms with van der Waals surface area (Å²) in [5, 5.41) is 2.81. The fraction of sp³-hybridized carbons (Fsp3) is 0.296. The molecule has 2 atom stereocenters. The molecule has 1 amide bonds. The lowest BCUT2D eigenvalue weighted by Gasteiger charge is -2.42. The lowest BCUT2D eigenvalue weighted by atomic mass is 9.86. The highest BCUT2D eigenvalue weighted by Crippen LogP contribution is 2.39. The van der Waals surface area contributed by atoms with Gasteiger partial charge in [-0.15, -0.1) is 0 Å². The van der Waals surface area contributed by atoms with Gasteiger partial charge in [0, 0.05) is 19.6 Å². The van der Waals surface area contributed by atoms with Gasteiger partial charge in [0.1, 0.15) is 6.04 Å². The standard InChI is InChI=1S/C27H27F3N2O/c1-31-26(33)25(21-8-3-2-4-9-21)32-18-17-20-7-5-6-10-23(20)24(32)16-13-19-11-14-22(15-12-19)27(28,29)30/h2-12,14-15,24-25H,13,16-18H2,1H3,(H,31,33). The molecular weight excluding hydrogens is 425 g/mol. The molecular formula is C27H27F3N2O. The maximum absolute atomic E-state index is 13.0. The van der Waals surface area contributed by atoms with Gasteiger partial charge in [-0.3, -0.25) is 9.69 Å². The number of carbonyl (C=O) groups excluding carboxylic acids is 1. The predicted octanol–water partition coefficient (Wildman–Crippen LogP) is 5.72. The Bertz CT molecular complexity index is 1080. The third-order valence-electron chi connectivity index (χ3n) is 6.38. The van der Waals surface area contributed by atoms with Gasteiger partial charge in [0.15, 0.2) is 0 Å². The molecule has 0 bridgehead atoms. The molecule has 0 saturated carbocycles. The van der Waals surface area contributed by atoms with Gasteiger partial charge in [-0.2, -0.15) is 13.2 Å². The third kappa shape index (κ3) is 5.11. The molecule has 2 unspecified atom stereocenters. The first kappa shape index (κ1) is 23.1. The Balaban J connectivity index is 1.64. The number of nitrogens with one attached hydrogen (secondary N) is 1. The van der Waals surface area contributed by atoms with Crippen LogP contribution in [-0.2, 0) is 23.8 Å². The molecule has 0 spiro atoms. The van der Waals surface area contributed by atoms with E-state index in [1.807, 2.05) is 42.5 Å². The van der Waals surface area contributed by atoms with E-state index in [-0.39, 0.29) is 11.9 Å². The first-order valence-electron chi connectivity index (χ1n) is 11.1. The van der Waals surface area contributed by atoms with E-state index >= 15 is 0 Å². The Morgan fingerprint density at radius 2 is 1.67 bits per heavy atom. The molecule has 3 nitrogen and oxygen atoms in total. The Hall–Kier alpha value is -3.12. The third-order valence-corrected chi connectivity index (χ3v) is 6.38. The fourth-order valence-corrected chi connectivity index (χ4v) is 4.73. The number of hydrogen-bond acceptors (Lipinski definition) is 2. The molecule has 0 aliphatic carbocycles. The van der Waals surface area contributed by atoms with Gasteiger partial charge < -0.3 is 5.32 Å². The van der Waals surface area contributed by atoms with E-state index in [0.717, 1.165) is 36.2 Å². The van der Waals surface area contributed by atoms with Crippen LogP contribution in [0.2, 0.25) is 0 Å². The average Bonchev–Trinajstić information content (AvgIpc) is 2.83. The summed E-state index contributed by atoms with van der Waals surface area (Å²) >= 11 is 0. The molecule has 0 fully saturated rings. The fourth-order valence-electron chi connectivity index (χ4n) is 4.73. The van der Waals surface area contributed by atoms with Crippen LogP contribution >= 0.6 is 0 Å². The molecule has 1 aliphatic heterocycles. The second-order valence-electron chi connectivity index (χ2n) is 8.36. The van der Waals surface area contributed by atoms with Crippen LogP contribution in [0.25, 0.3) is 0 Å². The Kier molecular flexibility index (Phi) is 6.84. The zero-order valence-electron chi connectivity index (χ0n) is 18.5. The van der Waals surface area contributed by atoms with E-state index in [1.165, 1.54) is 11.1 Å². The number of carbonyl (C=O) groups is 1. The van der Waals surface area contributed by atoms with Gasteiger partial charge >= 0.3 is 6.18 Å². The molecule has 33 heavy (non-hydrogen) atoms. The molecule has 3 aromatic rings. The van der Waals surface area contributed by atoms with E-state index in [0.29, 0.717) is 12.8 Å². The van der Waals surface area contributed by atoms with Crippen molar-refractivity contribution in [2.24, 2.45) is 0 Å². The molecule has 0 saturated heterocycles. The molecule has 6 heteroatoms. The number of benzene rings is 3. The van der Waals surface area contributed by atoms with Crippen molar-refractivity contribution in [3.05, 3.63) is 107 Å². The van der Waals surface area contributed by atoms with Gasteiger partial charge in [-0.05, 0) is 53.6 Å². The number of fused-ring (bicyclic) bond motifs is 1. The van der Waals surface area contributed by atoms with Crippen molar-refractivity contribution in [2.75, 3.05) is 13.6 Å². The van der Waals surface area contributed by atoms with Gasteiger partial charge in [0.2, 0.25) is 5.91 Å². The number of halogens is 3. The van der Waals surface area contributed by atoms with E-state index in [9.17, 15) is 18.0 Å². The minimum Gasteiger partial charge on any atom is -0.358 e. The topological polar surface area (TPSA) is 32.3 Å². The molecule has 1 N–H and O–H groups in total. The highest BCUT2D eigenvalue weighted by atomic mass is 19.4. The normalized spacial score (nSPS) is 17.3. The van der Waals surface area contributed by atoms with Gasteiger partial charge in [0.25, 0.3) is 0 Å². The minimum absolute atomic E-state index is 0.0280. The number of rotatable bonds is 6. The Labute approximate surface area is 192 Å². The van der Waals surface area contributed by atoms with Crippen LogP contribution in [0.15, 0.2) is 78.9 Å². The average molecular weight is 453 g/mol. The smallest absolute Gasteiger partial charge is 0.358 e. The zero-order valence-corrected chi connectivity index (χ0v) is 18.5. The van der Waals surface area contributed by atoms with Crippen molar-refractivity contribution in [1.29, 1.82) is 0 Å². The number of nitrogens with zero attached hydrogens (tertiary/aromatic N) is 1. The minimum atomic E-state index is -4.34. The maximum atomic E-state index is 13.0. The SMILES string of the molecule is CNC(=O)C(c1ccccc1)N1CCc2ccccc2C1CCc1ccc(C(F)(F)F)cc1. The molecule has 3 aromatic carbocycles. The summed E-state index contributed by atoms with van der Waals surface area (Å²) in [6.07, 6.45) is -2.19. The number of amides is 1. The van der Waals surface area contributed by atoms with Crippen LogP contribution in [0.5, 0.6) is 0 Å². The monoisotopic (exact) mass is 452 g/mol. The number of alkyl halides is 3. The quantitative estimate of drug-likeness (QED) is 0.519. The molecule has 1 heterocycles. The lowest BCUT2D eigenvalue weighted by Crippen LogP contribution is -2.44. The second-order valence-corrected chi connectivity index (χ2v) is 8.36. The molecule has 172 valence electrons. The van der Waals surface area contributed by atoms with Crippen molar-refractivity contribution in [3.8, 4) is 0 Å². The number of hydrogen-bond donors (Lipinski definition) is 1. The molecule has 1 aliphatic rings.